The number of fused-ring (bicyclic) bond motifs is 1. The van der Waals surface area contributed by atoms with E-state index >= 15 is 0 Å². The Bertz CT molecular complexity index is 939. The van der Waals surface area contributed by atoms with Gasteiger partial charge in [0.25, 0.3) is 5.69 Å². The molecule has 0 aliphatic rings. The van der Waals surface area contributed by atoms with Crippen LogP contribution in [0.4, 0.5) is 11.5 Å². The number of non-ortho nitro benzene ring substituents is 1. The normalized spacial score (nSPS) is 11.1. The van der Waals surface area contributed by atoms with E-state index < -0.39 is 4.92 Å². The first-order valence-corrected chi connectivity index (χ1v) is 9.60. The monoisotopic (exact) mass is 379 g/mol. The Morgan fingerprint density at radius 1 is 1.04 bits per heavy atom. The van der Waals surface area contributed by atoms with Crippen molar-refractivity contribution in [2.24, 2.45) is 0 Å². The second kappa shape index (κ2) is 9.23. The molecule has 7 heteroatoms. The van der Waals surface area contributed by atoms with Gasteiger partial charge in [0.05, 0.1) is 10.4 Å². The molecule has 0 saturated carbocycles. The molecule has 0 amide bonds. The molecule has 0 aliphatic carbocycles. The number of nitro benzene ring substituents is 1. The summed E-state index contributed by atoms with van der Waals surface area (Å²) >= 11 is 0. The van der Waals surface area contributed by atoms with Crippen LogP contribution >= 0.6 is 0 Å². The number of nitrogens with zero attached hydrogens (tertiary/aromatic N) is 4. The van der Waals surface area contributed by atoms with Gasteiger partial charge in [-0.15, -0.1) is 0 Å². The van der Waals surface area contributed by atoms with Crippen LogP contribution in [0.1, 0.15) is 20.3 Å². The highest BCUT2D eigenvalue weighted by Gasteiger charge is 2.11. The number of hydrogen-bond acceptors (Lipinski definition) is 6. The molecule has 0 radical (unpaired) electrons. The third-order valence-corrected chi connectivity index (χ3v) is 4.78. The molecule has 0 aliphatic heterocycles. The lowest BCUT2D eigenvalue weighted by Gasteiger charge is -2.18. The SMILES string of the molecule is CCN(CC)CCCNc1nc(-c2ccc([N+](=O)[O-])cc2)nc2ccccc12. The molecule has 3 rings (SSSR count). The van der Waals surface area contributed by atoms with E-state index in [1.54, 1.807) is 12.1 Å². The van der Waals surface area contributed by atoms with Crippen LogP contribution in [0.25, 0.3) is 22.3 Å². The van der Waals surface area contributed by atoms with Crippen molar-refractivity contribution in [1.82, 2.24) is 14.9 Å². The van der Waals surface area contributed by atoms with Gasteiger partial charge in [0.1, 0.15) is 5.82 Å². The number of rotatable bonds is 9. The molecular formula is C21H25N5O2. The summed E-state index contributed by atoms with van der Waals surface area (Å²) in [6.45, 7) is 8.31. The Labute approximate surface area is 164 Å². The summed E-state index contributed by atoms with van der Waals surface area (Å²) in [6.07, 6.45) is 1.02. The Kier molecular flexibility index (Phi) is 6.49. The molecule has 0 fully saturated rings. The fourth-order valence-corrected chi connectivity index (χ4v) is 3.12. The summed E-state index contributed by atoms with van der Waals surface area (Å²) in [7, 11) is 0. The van der Waals surface area contributed by atoms with Crippen LogP contribution in [0.5, 0.6) is 0 Å². The molecule has 0 spiro atoms. The smallest absolute Gasteiger partial charge is 0.269 e. The fourth-order valence-electron chi connectivity index (χ4n) is 3.12. The van der Waals surface area contributed by atoms with Crippen molar-refractivity contribution in [3.63, 3.8) is 0 Å². The largest absolute Gasteiger partial charge is 0.369 e. The number of anilines is 1. The zero-order valence-corrected chi connectivity index (χ0v) is 16.3. The van der Waals surface area contributed by atoms with Gasteiger partial charge in [0, 0.05) is 29.6 Å². The minimum atomic E-state index is -0.409. The van der Waals surface area contributed by atoms with E-state index in [0.29, 0.717) is 5.82 Å². The Balaban J connectivity index is 1.84. The molecule has 0 unspecified atom stereocenters. The lowest BCUT2D eigenvalue weighted by Crippen LogP contribution is -2.25. The van der Waals surface area contributed by atoms with Gasteiger partial charge >= 0.3 is 0 Å². The quantitative estimate of drug-likeness (QED) is 0.338. The van der Waals surface area contributed by atoms with Crippen LogP contribution in [-0.2, 0) is 0 Å². The minimum Gasteiger partial charge on any atom is -0.369 e. The summed E-state index contributed by atoms with van der Waals surface area (Å²) in [5.74, 6) is 1.35. The number of para-hydroxylation sites is 1. The number of hydrogen-bond donors (Lipinski definition) is 1. The van der Waals surface area contributed by atoms with Crippen molar-refractivity contribution in [3.8, 4) is 11.4 Å². The Morgan fingerprint density at radius 3 is 2.43 bits per heavy atom. The van der Waals surface area contributed by atoms with Gasteiger partial charge < -0.3 is 10.2 Å². The highest BCUT2D eigenvalue weighted by Crippen LogP contribution is 2.26. The van der Waals surface area contributed by atoms with Gasteiger partial charge in [-0.25, -0.2) is 9.97 Å². The molecular weight excluding hydrogens is 354 g/mol. The zero-order valence-electron chi connectivity index (χ0n) is 16.3. The van der Waals surface area contributed by atoms with Crippen LogP contribution in [0.15, 0.2) is 48.5 Å². The Morgan fingerprint density at radius 2 is 1.75 bits per heavy atom. The lowest BCUT2D eigenvalue weighted by molar-refractivity contribution is -0.384. The molecule has 0 bridgehead atoms. The molecule has 3 aromatic rings. The van der Waals surface area contributed by atoms with Crippen molar-refractivity contribution in [2.45, 2.75) is 20.3 Å². The number of aromatic nitrogens is 2. The standard InChI is InChI=1S/C21H25N5O2/c1-3-25(4-2)15-7-14-22-21-18-8-5-6-9-19(18)23-20(24-21)16-10-12-17(13-11-16)26(27)28/h5-6,8-13H,3-4,7,14-15H2,1-2H3,(H,22,23,24). The van der Waals surface area contributed by atoms with E-state index in [9.17, 15) is 10.1 Å². The highest BCUT2D eigenvalue weighted by atomic mass is 16.6. The van der Waals surface area contributed by atoms with Crippen LogP contribution < -0.4 is 5.32 Å². The summed E-state index contributed by atoms with van der Waals surface area (Å²) in [5, 5.41) is 15.3. The minimum absolute atomic E-state index is 0.0549. The highest BCUT2D eigenvalue weighted by molar-refractivity contribution is 5.90. The Hall–Kier alpha value is -3.06. The first kappa shape index (κ1) is 19.7. The van der Waals surface area contributed by atoms with E-state index in [2.05, 4.69) is 29.0 Å². The maximum atomic E-state index is 10.9. The molecule has 1 N–H and O–H groups in total. The van der Waals surface area contributed by atoms with E-state index in [1.165, 1.54) is 12.1 Å². The van der Waals surface area contributed by atoms with Crippen molar-refractivity contribution in [3.05, 3.63) is 58.6 Å². The topological polar surface area (TPSA) is 84.2 Å². The molecule has 0 saturated heterocycles. The van der Waals surface area contributed by atoms with Crippen molar-refractivity contribution in [1.29, 1.82) is 0 Å². The van der Waals surface area contributed by atoms with Crippen LogP contribution in [-0.4, -0.2) is 46.0 Å². The first-order chi connectivity index (χ1) is 13.6. The predicted molar refractivity (Wildman–Crippen MR) is 113 cm³/mol. The average Bonchev–Trinajstić information content (AvgIpc) is 2.73. The summed E-state index contributed by atoms with van der Waals surface area (Å²) in [4.78, 5) is 22.2. The van der Waals surface area contributed by atoms with Crippen molar-refractivity contribution >= 4 is 22.4 Å². The second-order valence-corrected chi connectivity index (χ2v) is 6.52. The van der Waals surface area contributed by atoms with E-state index in [0.717, 1.165) is 54.9 Å². The summed E-state index contributed by atoms with van der Waals surface area (Å²) < 4.78 is 0. The van der Waals surface area contributed by atoms with Crippen LogP contribution in [0.2, 0.25) is 0 Å². The van der Waals surface area contributed by atoms with Crippen LogP contribution in [0, 0.1) is 10.1 Å². The van der Waals surface area contributed by atoms with Crippen molar-refractivity contribution in [2.75, 3.05) is 31.5 Å². The van der Waals surface area contributed by atoms with Gasteiger partial charge in [-0.3, -0.25) is 10.1 Å². The number of nitro groups is 1. The first-order valence-electron chi connectivity index (χ1n) is 9.60. The molecule has 1 aromatic heterocycles. The van der Waals surface area contributed by atoms with Gasteiger partial charge in [0.2, 0.25) is 0 Å². The molecule has 1 heterocycles. The van der Waals surface area contributed by atoms with Crippen LogP contribution in [0.3, 0.4) is 0 Å². The maximum absolute atomic E-state index is 10.9. The molecule has 2 aromatic carbocycles. The van der Waals surface area contributed by atoms with Gasteiger partial charge in [-0.2, -0.15) is 0 Å². The van der Waals surface area contributed by atoms with E-state index in [-0.39, 0.29) is 5.69 Å². The summed E-state index contributed by atoms with van der Waals surface area (Å²) in [6, 6.07) is 14.2. The van der Waals surface area contributed by atoms with E-state index in [4.69, 9.17) is 4.98 Å². The molecule has 7 nitrogen and oxygen atoms in total. The third-order valence-electron chi connectivity index (χ3n) is 4.78. The maximum Gasteiger partial charge on any atom is 0.269 e. The van der Waals surface area contributed by atoms with Gasteiger partial charge in [-0.1, -0.05) is 26.0 Å². The zero-order chi connectivity index (χ0) is 19.9. The van der Waals surface area contributed by atoms with E-state index in [1.807, 2.05) is 24.3 Å². The third kappa shape index (κ3) is 4.61. The molecule has 0 atom stereocenters. The molecule has 146 valence electrons. The average molecular weight is 379 g/mol. The van der Waals surface area contributed by atoms with Gasteiger partial charge in [-0.05, 0) is 50.3 Å². The van der Waals surface area contributed by atoms with Gasteiger partial charge in [0.15, 0.2) is 5.82 Å². The second-order valence-electron chi connectivity index (χ2n) is 6.52. The lowest BCUT2D eigenvalue weighted by atomic mass is 10.1. The fraction of sp³-hybridized carbons (Fsp3) is 0.333. The number of nitrogens with one attached hydrogen (secondary N) is 1. The summed E-state index contributed by atoms with van der Waals surface area (Å²) in [5.41, 5.74) is 1.65. The molecule has 28 heavy (non-hydrogen) atoms. The predicted octanol–water partition coefficient (Wildman–Crippen LogP) is 4.35. The van der Waals surface area contributed by atoms with Crippen molar-refractivity contribution < 1.29 is 4.92 Å². The number of benzene rings is 2.